The Kier molecular flexibility index (Phi) is 3.98. The quantitative estimate of drug-likeness (QED) is 0.844. The summed E-state index contributed by atoms with van der Waals surface area (Å²) in [6.45, 7) is 6.69. The molecule has 2 aromatic rings. The van der Waals surface area contributed by atoms with Crippen LogP contribution in [0.3, 0.4) is 0 Å². The van der Waals surface area contributed by atoms with Gasteiger partial charge in [0.1, 0.15) is 0 Å². The molecule has 0 fully saturated rings. The van der Waals surface area contributed by atoms with Crippen molar-refractivity contribution in [1.29, 1.82) is 0 Å². The zero-order chi connectivity index (χ0) is 14.8. The lowest BCUT2D eigenvalue weighted by Gasteiger charge is -2.36. The Hall–Kier alpha value is -1.80. The minimum absolute atomic E-state index is 0.551. The summed E-state index contributed by atoms with van der Waals surface area (Å²) in [5, 5.41) is 0. The zero-order valence-corrected chi connectivity index (χ0v) is 12.9. The Morgan fingerprint density at radius 3 is 2.48 bits per heavy atom. The summed E-state index contributed by atoms with van der Waals surface area (Å²) in [6, 6.07) is 17.7. The van der Waals surface area contributed by atoms with Crippen LogP contribution in [0.15, 0.2) is 48.5 Å². The van der Waals surface area contributed by atoms with Crippen LogP contribution < -0.4 is 5.73 Å². The van der Waals surface area contributed by atoms with Crippen LogP contribution in [-0.4, -0.2) is 17.5 Å². The molecular weight excluding hydrogens is 256 g/mol. The van der Waals surface area contributed by atoms with Gasteiger partial charge in [0, 0.05) is 30.7 Å². The van der Waals surface area contributed by atoms with Crippen LogP contribution in [0.2, 0.25) is 0 Å². The number of nitrogens with two attached hydrogens (primary N) is 1. The third kappa shape index (κ3) is 3.11. The molecule has 2 N–H and O–H groups in total. The van der Waals surface area contributed by atoms with Crippen molar-refractivity contribution in [3.8, 4) is 0 Å². The second-order valence-electron chi connectivity index (χ2n) is 6.36. The second-order valence-corrected chi connectivity index (χ2v) is 6.36. The van der Waals surface area contributed by atoms with E-state index in [-0.39, 0.29) is 0 Å². The number of anilines is 1. The van der Waals surface area contributed by atoms with Crippen molar-refractivity contribution in [3.63, 3.8) is 0 Å². The number of rotatable bonds is 5. The van der Waals surface area contributed by atoms with Crippen molar-refractivity contribution in [2.45, 2.75) is 38.8 Å². The molecular formula is C19H24N2. The normalized spacial score (nSPS) is 16.9. The third-order valence-electron chi connectivity index (χ3n) is 4.51. The van der Waals surface area contributed by atoms with Gasteiger partial charge in [-0.25, -0.2) is 0 Å². The number of hydrogen-bond donors (Lipinski definition) is 1. The molecule has 0 aliphatic heterocycles. The lowest BCUT2D eigenvalue weighted by molar-refractivity contribution is 0.192. The Morgan fingerprint density at radius 1 is 1.10 bits per heavy atom. The fraction of sp³-hybridized carbons (Fsp3) is 0.368. The lowest BCUT2D eigenvalue weighted by Crippen LogP contribution is -2.37. The molecule has 0 spiro atoms. The van der Waals surface area contributed by atoms with E-state index in [1.54, 1.807) is 5.56 Å². The maximum absolute atomic E-state index is 5.77. The molecule has 2 aromatic carbocycles. The van der Waals surface area contributed by atoms with Crippen molar-refractivity contribution in [2.24, 2.45) is 0 Å². The van der Waals surface area contributed by atoms with E-state index >= 15 is 0 Å². The summed E-state index contributed by atoms with van der Waals surface area (Å²) in [7, 11) is 0. The van der Waals surface area contributed by atoms with Gasteiger partial charge in [-0.3, -0.25) is 4.90 Å². The molecule has 1 atom stereocenters. The predicted molar refractivity (Wildman–Crippen MR) is 89.3 cm³/mol. The molecule has 0 amide bonds. The SMILES string of the molecule is CC(C)N(Cc1ccc(N)cc1)CC1Cc2ccccc21. The first-order chi connectivity index (χ1) is 10.1. The molecule has 1 aliphatic rings. The number of nitrogen functional groups attached to an aromatic ring is 1. The highest BCUT2D eigenvalue weighted by molar-refractivity contribution is 5.41. The first kappa shape index (κ1) is 14.2. The Morgan fingerprint density at radius 2 is 1.81 bits per heavy atom. The summed E-state index contributed by atoms with van der Waals surface area (Å²) >= 11 is 0. The van der Waals surface area contributed by atoms with Crippen LogP contribution in [0.1, 0.15) is 36.5 Å². The van der Waals surface area contributed by atoms with Crippen LogP contribution in [0.4, 0.5) is 5.69 Å². The van der Waals surface area contributed by atoms with E-state index in [1.807, 2.05) is 12.1 Å². The smallest absolute Gasteiger partial charge is 0.0314 e. The molecule has 0 heterocycles. The minimum Gasteiger partial charge on any atom is -0.399 e. The first-order valence-electron chi connectivity index (χ1n) is 7.80. The summed E-state index contributed by atoms with van der Waals surface area (Å²) in [5.41, 5.74) is 11.0. The maximum atomic E-state index is 5.77. The highest BCUT2D eigenvalue weighted by Gasteiger charge is 2.27. The number of benzene rings is 2. The van der Waals surface area contributed by atoms with Crippen molar-refractivity contribution in [3.05, 3.63) is 65.2 Å². The van der Waals surface area contributed by atoms with Gasteiger partial charge in [0.15, 0.2) is 0 Å². The van der Waals surface area contributed by atoms with Gasteiger partial charge in [-0.1, -0.05) is 36.4 Å². The lowest BCUT2D eigenvalue weighted by atomic mass is 9.77. The molecule has 0 bridgehead atoms. The highest BCUT2D eigenvalue weighted by Crippen LogP contribution is 2.35. The first-order valence-corrected chi connectivity index (χ1v) is 7.80. The van der Waals surface area contributed by atoms with Crippen molar-refractivity contribution in [1.82, 2.24) is 4.90 Å². The van der Waals surface area contributed by atoms with E-state index in [4.69, 9.17) is 5.73 Å². The van der Waals surface area contributed by atoms with Crippen LogP contribution >= 0.6 is 0 Å². The Balaban J connectivity index is 1.67. The largest absolute Gasteiger partial charge is 0.399 e. The standard InChI is InChI=1S/C19H24N2/c1-14(2)21(12-15-7-9-18(20)10-8-15)13-17-11-16-5-3-4-6-19(16)17/h3-10,14,17H,11-13,20H2,1-2H3. The molecule has 110 valence electrons. The van der Waals surface area contributed by atoms with Crippen molar-refractivity contribution < 1.29 is 0 Å². The molecule has 1 aliphatic carbocycles. The van der Waals surface area contributed by atoms with Gasteiger partial charge in [0.2, 0.25) is 0 Å². The number of fused-ring (bicyclic) bond motifs is 1. The van der Waals surface area contributed by atoms with Gasteiger partial charge >= 0.3 is 0 Å². The van der Waals surface area contributed by atoms with Gasteiger partial charge in [0.05, 0.1) is 0 Å². The maximum Gasteiger partial charge on any atom is 0.0314 e. The van der Waals surface area contributed by atoms with Gasteiger partial charge in [-0.2, -0.15) is 0 Å². The predicted octanol–water partition coefficient (Wildman–Crippen LogP) is 3.82. The van der Waals surface area contributed by atoms with Gasteiger partial charge in [-0.05, 0) is 49.1 Å². The number of nitrogens with zero attached hydrogens (tertiary/aromatic N) is 1. The average molecular weight is 280 g/mol. The fourth-order valence-electron chi connectivity index (χ4n) is 3.12. The van der Waals surface area contributed by atoms with E-state index in [1.165, 1.54) is 17.5 Å². The van der Waals surface area contributed by atoms with Crippen LogP contribution in [0, 0.1) is 0 Å². The monoisotopic (exact) mass is 280 g/mol. The molecule has 2 heteroatoms. The van der Waals surface area contributed by atoms with Gasteiger partial charge in [0.25, 0.3) is 0 Å². The molecule has 1 unspecified atom stereocenters. The molecule has 0 aromatic heterocycles. The molecule has 0 radical (unpaired) electrons. The summed E-state index contributed by atoms with van der Waals surface area (Å²) in [4.78, 5) is 2.56. The molecule has 0 saturated carbocycles. The molecule has 3 rings (SSSR count). The average Bonchev–Trinajstić information content (AvgIpc) is 2.45. The summed E-state index contributed by atoms with van der Waals surface area (Å²) in [5.74, 6) is 0.692. The van der Waals surface area contributed by atoms with E-state index in [9.17, 15) is 0 Å². The Labute approximate surface area is 127 Å². The number of hydrogen-bond acceptors (Lipinski definition) is 2. The molecule has 21 heavy (non-hydrogen) atoms. The zero-order valence-electron chi connectivity index (χ0n) is 12.9. The third-order valence-corrected chi connectivity index (χ3v) is 4.51. The molecule has 0 saturated heterocycles. The van der Waals surface area contributed by atoms with E-state index in [2.05, 4.69) is 55.1 Å². The van der Waals surface area contributed by atoms with E-state index < -0.39 is 0 Å². The van der Waals surface area contributed by atoms with Crippen molar-refractivity contribution >= 4 is 5.69 Å². The van der Waals surface area contributed by atoms with Crippen LogP contribution in [-0.2, 0) is 13.0 Å². The summed E-state index contributed by atoms with van der Waals surface area (Å²) in [6.07, 6.45) is 1.22. The van der Waals surface area contributed by atoms with Crippen molar-refractivity contribution in [2.75, 3.05) is 12.3 Å². The van der Waals surface area contributed by atoms with E-state index in [0.717, 1.165) is 18.8 Å². The second kappa shape index (κ2) is 5.90. The highest BCUT2D eigenvalue weighted by atomic mass is 15.1. The topological polar surface area (TPSA) is 29.3 Å². The molecule has 2 nitrogen and oxygen atoms in total. The van der Waals surface area contributed by atoms with Gasteiger partial charge < -0.3 is 5.73 Å². The fourth-order valence-corrected chi connectivity index (χ4v) is 3.12. The van der Waals surface area contributed by atoms with Crippen LogP contribution in [0.25, 0.3) is 0 Å². The minimum atomic E-state index is 0.551. The summed E-state index contributed by atoms with van der Waals surface area (Å²) < 4.78 is 0. The Bertz CT molecular complexity index is 601. The van der Waals surface area contributed by atoms with Gasteiger partial charge in [-0.15, -0.1) is 0 Å². The van der Waals surface area contributed by atoms with Crippen LogP contribution in [0.5, 0.6) is 0 Å². The van der Waals surface area contributed by atoms with E-state index in [0.29, 0.717) is 12.0 Å².